The van der Waals surface area contributed by atoms with E-state index in [9.17, 15) is 9.59 Å². The highest BCUT2D eigenvalue weighted by Gasteiger charge is 2.33. The zero-order chi connectivity index (χ0) is 14.8. The van der Waals surface area contributed by atoms with Crippen molar-refractivity contribution in [3.8, 4) is 0 Å². The van der Waals surface area contributed by atoms with E-state index in [0.717, 1.165) is 10.2 Å². The Morgan fingerprint density at radius 1 is 1.57 bits per heavy atom. The fraction of sp³-hybridized carbons (Fsp3) is 0.385. The first kappa shape index (κ1) is 13.7. The minimum absolute atomic E-state index is 0.00202. The number of amides is 1. The van der Waals surface area contributed by atoms with Crippen LogP contribution in [-0.2, 0) is 14.3 Å². The van der Waals surface area contributed by atoms with Gasteiger partial charge in [0.25, 0.3) is 0 Å². The van der Waals surface area contributed by atoms with Crippen LogP contribution >= 0.6 is 11.3 Å². The standard InChI is InChI=1S/C13H14N4O3S/c1-20-10(18)6-9-12(19)14-3-4-17(9)11-8-2-5-21-13(8)16-7-15-11/h2,5,7,9H,3-4,6H2,1H3,(H,14,19). The molecular formula is C13H14N4O3S. The Morgan fingerprint density at radius 2 is 2.43 bits per heavy atom. The van der Waals surface area contributed by atoms with E-state index in [-0.39, 0.29) is 12.3 Å². The lowest BCUT2D eigenvalue weighted by atomic mass is 10.1. The molecule has 1 N–H and O–H groups in total. The lowest BCUT2D eigenvalue weighted by Crippen LogP contribution is -2.56. The second-order valence-electron chi connectivity index (χ2n) is 4.62. The number of ether oxygens (including phenoxy) is 1. The number of fused-ring (bicyclic) bond motifs is 1. The van der Waals surface area contributed by atoms with Gasteiger partial charge in [0.05, 0.1) is 18.9 Å². The number of nitrogens with zero attached hydrogens (tertiary/aromatic N) is 3. The van der Waals surface area contributed by atoms with Crippen LogP contribution in [0.3, 0.4) is 0 Å². The van der Waals surface area contributed by atoms with Crippen molar-refractivity contribution in [1.29, 1.82) is 0 Å². The number of hydrogen-bond donors (Lipinski definition) is 1. The van der Waals surface area contributed by atoms with Gasteiger partial charge in [-0.1, -0.05) is 0 Å². The molecule has 2 aromatic rings. The third kappa shape index (κ3) is 2.54. The molecule has 0 aliphatic carbocycles. The van der Waals surface area contributed by atoms with E-state index in [0.29, 0.717) is 18.9 Å². The first-order valence-corrected chi connectivity index (χ1v) is 7.38. The molecule has 3 heterocycles. The molecule has 0 radical (unpaired) electrons. The van der Waals surface area contributed by atoms with Crippen LogP contribution in [0.15, 0.2) is 17.8 Å². The summed E-state index contributed by atoms with van der Waals surface area (Å²) in [4.78, 5) is 34.9. The lowest BCUT2D eigenvalue weighted by Gasteiger charge is -2.35. The van der Waals surface area contributed by atoms with Crippen molar-refractivity contribution in [2.75, 3.05) is 25.1 Å². The molecule has 1 unspecified atom stereocenters. The van der Waals surface area contributed by atoms with Gasteiger partial charge >= 0.3 is 5.97 Å². The van der Waals surface area contributed by atoms with Crippen molar-refractivity contribution < 1.29 is 14.3 Å². The van der Waals surface area contributed by atoms with Gasteiger partial charge in [-0.15, -0.1) is 11.3 Å². The van der Waals surface area contributed by atoms with E-state index in [1.807, 2.05) is 16.3 Å². The summed E-state index contributed by atoms with van der Waals surface area (Å²) in [5, 5.41) is 5.60. The van der Waals surface area contributed by atoms with Gasteiger partial charge in [-0.3, -0.25) is 9.59 Å². The molecule has 2 aromatic heterocycles. The lowest BCUT2D eigenvalue weighted by molar-refractivity contribution is -0.143. The number of esters is 1. The minimum atomic E-state index is -0.607. The van der Waals surface area contributed by atoms with Crippen LogP contribution in [0.2, 0.25) is 0 Å². The zero-order valence-electron chi connectivity index (χ0n) is 11.4. The topological polar surface area (TPSA) is 84.4 Å². The maximum atomic E-state index is 12.1. The Kier molecular flexibility index (Phi) is 3.70. The Labute approximate surface area is 124 Å². The first-order valence-electron chi connectivity index (χ1n) is 6.50. The summed E-state index contributed by atoms with van der Waals surface area (Å²) in [6, 6.07) is 1.32. The molecule has 7 nitrogen and oxygen atoms in total. The highest BCUT2D eigenvalue weighted by atomic mass is 32.1. The fourth-order valence-corrected chi connectivity index (χ4v) is 3.15. The van der Waals surface area contributed by atoms with Crippen LogP contribution in [0.4, 0.5) is 5.82 Å². The quantitative estimate of drug-likeness (QED) is 0.834. The Balaban J connectivity index is 1.99. The molecule has 0 spiro atoms. The molecule has 110 valence electrons. The van der Waals surface area contributed by atoms with Crippen LogP contribution < -0.4 is 10.2 Å². The predicted octanol–water partition coefficient (Wildman–Crippen LogP) is 0.559. The number of anilines is 1. The molecule has 1 fully saturated rings. The normalized spacial score (nSPS) is 18.6. The first-order chi connectivity index (χ1) is 10.2. The molecule has 0 aromatic carbocycles. The third-order valence-corrected chi connectivity index (χ3v) is 4.25. The van der Waals surface area contributed by atoms with Gasteiger partial charge in [0, 0.05) is 13.1 Å². The zero-order valence-corrected chi connectivity index (χ0v) is 12.2. The van der Waals surface area contributed by atoms with Crippen molar-refractivity contribution in [1.82, 2.24) is 15.3 Å². The average Bonchev–Trinajstić information content (AvgIpc) is 2.97. The van der Waals surface area contributed by atoms with E-state index in [1.165, 1.54) is 24.8 Å². The van der Waals surface area contributed by atoms with Gasteiger partial charge in [0.15, 0.2) is 0 Å². The molecule has 8 heteroatoms. The Bertz CT molecular complexity index is 687. The Hall–Kier alpha value is -2.22. The summed E-state index contributed by atoms with van der Waals surface area (Å²) < 4.78 is 4.68. The van der Waals surface area contributed by atoms with Crippen LogP contribution in [-0.4, -0.2) is 48.1 Å². The summed E-state index contributed by atoms with van der Waals surface area (Å²) >= 11 is 1.52. The number of carbonyl (C=O) groups is 2. The highest BCUT2D eigenvalue weighted by molar-refractivity contribution is 7.16. The minimum Gasteiger partial charge on any atom is -0.469 e. The summed E-state index contributed by atoms with van der Waals surface area (Å²) in [5.41, 5.74) is 0. The second kappa shape index (κ2) is 5.65. The number of carbonyl (C=O) groups excluding carboxylic acids is 2. The number of hydrogen-bond acceptors (Lipinski definition) is 7. The summed E-state index contributed by atoms with van der Waals surface area (Å²) in [5.74, 6) is 0.0799. The van der Waals surface area contributed by atoms with Crippen molar-refractivity contribution in [2.24, 2.45) is 0 Å². The number of piperazine rings is 1. The van der Waals surface area contributed by atoms with Crippen LogP contribution in [0.25, 0.3) is 10.2 Å². The van der Waals surface area contributed by atoms with Crippen LogP contribution in [0, 0.1) is 0 Å². The van der Waals surface area contributed by atoms with Crippen molar-refractivity contribution in [3.05, 3.63) is 17.8 Å². The smallest absolute Gasteiger partial charge is 0.308 e. The van der Waals surface area contributed by atoms with Crippen LogP contribution in [0.5, 0.6) is 0 Å². The van der Waals surface area contributed by atoms with Gasteiger partial charge in [-0.2, -0.15) is 0 Å². The van der Waals surface area contributed by atoms with E-state index in [4.69, 9.17) is 0 Å². The summed E-state index contributed by atoms with van der Waals surface area (Å²) in [6.07, 6.45) is 1.48. The molecule has 1 amide bonds. The van der Waals surface area contributed by atoms with Gasteiger partial charge in [0.1, 0.15) is 23.0 Å². The van der Waals surface area contributed by atoms with Crippen molar-refractivity contribution >= 4 is 39.2 Å². The van der Waals surface area contributed by atoms with Gasteiger partial charge < -0.3 is 15.0 Å². The van der Waals surface area contributed by atoms with E-state index in [2.05, 4.69) is 20.0 Å². The number of nitrogens with one attached hydrogen (secondary N) is 1. The molecule has 1 atom stereocenters. The maximum Gasteiger partial charge on any atom is 0.308 e. The third-order valence-electron chi connectivity index (χ3n) is 3.43. The van der Waals surface area contributed by atoms with Crippen molar-refractivity contribution in [2.45, 2.75) is 12.5 Å². The molecule has 0 bridgehead atoms. The predicted molar refractivity (Wildman–Crippen MR) is 78.2 cm³/mol. The van der Waals surface area contributed by atoms with Gasteiger partial charge in [-0.05, 0) is 11.4 Å². The average molecular weight is 306 g/mol. The molecule has 1 aliphatic rings. The van der Waals surface area contributed by atoms with Gasteiger partial charge in [0.2, 0.25) is 5.91 Å². The molecular weight excluding hydrogens is 292 g/mol. The second-order valence-corrected chi connectivity index (χ2v) is 5.51. The van der Waals surface area contributed by atoms with E-state index >= 15 is 0 Å². The number of thiophene rings is 1. The monoisotopic (exact) mass is 306 g/mol. The van der Waals surface area contributed by atoms with Crippen LogP contribution in [0.1, 0.15) is 6.42 Å². The van der Waals surface area contributed by atoms with Gasteiger partial charge in [-0.25, -0.2) is 9.97 Å². The van der Waals surface area contributed by atoms with Crippen molar-refractivity contribution in [3.63, 3.8) is 0 Å². The summed E-state index contributed by atoms with van der Waals surface area (Å²) in [7, 11) is 1.31. The maximum absolute atomic E-state index is 12.1. The molecule has 0 saturated carbocycles. The molecule has 21 heavy (non-hydrogen) atoms. The highest BCUT2D eigenvalue weighted by Crippen LogP contribution is 2.29. The molecule has 3 rings (SSSR count). The molecule has 1 aliphatic heterocycles. The number of rotatable bonds is 3. The van der Waals surface area contributed by atoms with E-state index < -0.39 is 12.0 Å². The number of aromatic nitrogens is 2. The largest absolute Gasteiger partial charge is 0.469 e. The SMILES string of the molecule is COC(=O)CC1C(=O)NCCN1c1ncnc2sccc12. The molecule has 1 saturated heterocycles. The fourth-order valence-electron chi connectivity index (χ4n) is 2.42. The van der Waals surface area contributed by atoms with E-state index in [1.54, 1.807) is 0 Å². The summed E-state index contributed by atoms with van der Waals surface area (Å²) in [6.45, 7) is 1.11. The number of methoxy groups -OCH3 is 1. The Morgan fingerprint density at radius 3 is 3.24 bits per heavy atom.